The number of aliphatic hydroxyl groups is 1. The lowest BCUT2D eigenvalue weighted by atomic mass is 10.1. The number of carbonyl (C=O) groups is 1. The third-order valence-corrected chi connectivity index (χ3v) is 8.23. The van der Waals surface area contributed by atoms with Crippen LogP contribution in [0, 0.1) is 5.92 Å². The van der Waals surface area contributed by atoms with E-state index in [9.17, 15) is 19.3 Å². The first kappa shape index (κ1) is 26.2. The maximum absolute atomic E-state index is 13.7. The fraction of sp³-hybridized carbons (Fsp3) is 0.476. The number of thioether (sulfide) groups is 1. The van der Waals surface area contributed by atoms with Crippen molar-refractivity contribution in [3.05, 3.63) is 53.1 Å². The van der Waals surface area contributed by atoms with Crippen LogP contribution in [0.15, 0.2) is 47.4 Å². The second kappa shape index (κ2) is 11.4. The first-order valence-electron chi connectivity index (χ1n) is 10.6. The topological polar surface area (TPSA) is 155 Å². The molecule has 0 radical (unpaired) electrons. The molecule has 11 nitrogen and oxygen atoms in total. The number of aliphatic hydroxyl groups excluding tert-OH is 1. The molecule has 2 heterocycles. The number of nitrogens with zero attached hydrogens (tertiary/aromatic N) is 2. The van der Waals surface area contributed by atoms with E-state index >= 15 is 0 Å². The van der Waals surface area contributed by atoms with Gasteiger partial charge in [-0.3, -0.25) is 13.9 Å². The first-order chi connectivity index (χ1) is 16.1. The Morgan fingerprint density at radius 3 is 2.68 bits per heavy atom. The first-order valence-corrected chi connectivity index (χ1v) is 13.1. The van der Waals surface area contributed by atoms with Gasteiger partial charge in [-0.2, -0.15) is 10.1 Å². The Morgan fingerprint density at radius 1 is 1.35 bits per heavy atom. The lowest BCUT2D eigenvalue weighted by Crippen LogP contribution is -2.41. The van der Waals surface area contributed by atoms with Gasteiger partial charge >= 0.3 is 19.4 Å². The number of esters is 1. The summed E-state index contributed by atoms with van der Waals surface area (Å²) in [5.41, 5.74) is 5.02. The number of rotatable bonds is 10. The van der Waals surface area contributed by atoms with Crippen molar-refractivity contribution in [2.45, 2.75) is 43.0 Å². The van der Waals surface area contributed by atoms with Crippen LogP contribution in [0.4, 0.5) is 5.82 Å². The van der Waals surface area contributed by atoms with Gasteiger partial charge in [0.05, 0.1) is 30.4 Å². The van der Waals surface area contributed by atoms with E-state index in [2.05, 4.69) is 10.1 Å². The number of anilines is 1. The summed E-state index contributed by atoms with van der Waals surface area (Å²) in [6, 6.07) is 8.96. The Kier molecular flexibility index (Phi) is 8.78. The van der Waals surface area contributed by atoms with Crippen LogP contribution in [0.5, 0.6) is 5.75 Å². The van der Waals surface area contributed by atoms with Crippen molar-refractivity contribution in [1.29, 1.82) is 0 Å². The Labute approximate surface area is 201 Å². The Bertz CT molecular complexity index is 1080. The molecular formula is C21H29N4O7PS. The third kappa shape index (κ3) is 6.61. The average molecular weight is 513 g/mol. The number of para-hydroxylation sites is 1. The van der Waals surface area contributed by atoms with Crippen molar-refractivity contribution >= 4 is 31.3 Å². The molecule has 186 valence electrons. The van der Waals surface area contributed by atoms with Gasteiger partial charge in [-0.05, 0) is 24.1 Å². The van der Waals surface area contributed by atoms with E-state index in [1.165, 1.54) is 35.7 Å². The average Bonchev–Trinajstić information content (AvgIpc) is 3.16. The highest BCUT2D eigenvalue weighted by Crippen LogP contribution is 2.48. The van der Waals surface area contributed by atoms with Gasteiger partial charge in [0.1, 0.15) is 17.6 Å². The van der Waals surface area contributed by atoms with E-state index in [0.717, 1.165) is 0 Å². The molecule has 3 rings (SSSR count). The number of nitrogens with two attached hydrogens (primary N) is 1. The Morgan fingerprint density at radius 2 is 2.06 bits per heavy atom. The highest BCUT2D eigenvalue weighted by atomic mass is 32.2. The maximum Gasteiger partial charge on any atom is 0.459 e. The number of nitrogen functional groups attached to an aromatic ring is 1. The van der Waals surface area contributed by atoms with Gasteiger partial charge in [-0.1, -0.05) is 32.0 Å². The van der Waals surface area contributed by atoms with Gasteiger partial charge in [0.2, 0.25) is 0 Å². The predicted molar refractivity (Wildman–Crippen MR) is 128 cm³/mol. The summed E-state index contributed by atoms with van der Waals surface area (Å²) in [6.07, 6.45) is 0.941. The highest BCUT2D eigenvalue weighted by molar-refractivity contribution is 8.00. The molecular weight excluding hydrogens is 483 g/mol. The number of hydrogen-bond donors (Lipinski definition) is 3. The van der Waals surface area contributed by atoms with E-state index in [1.807, 2.05) is 0 Å². The molecule has 2 aromatic rings. The van der Waals surface area contributed by atoms with E-state index in [-0.39, 0.29) is 30.5 Å². The van der Waals surface area contributed by atoms with Crippen LogP contribution in [0.2, 0.25) is 0 Å². The van der Waals surface area contributed by atoms with Crippen molar-refractivity contribution in [3.63, 3.8) is 0 Å². The monoisotopic (exact) mass is 512 g/mol. The minimum atomic E-state index is -4.08. The van der Waals surface area contributed by atoms with Gasteiger partial charge < -0.3 is 20.1 Å². The summed E-state index contributed by atoms with van der Waals surface area (Å²) in [5, 5.41) is 12.3. The second-order valence-corrected chi connectivity index (χ2v) is 11.2. The normalized spacial score (nSPS) is 22.8. The quantitative estimate of drug-likeness (QED) is 0.317. The number of benzene rings is 1. The zero-order valence-electron chi connectivity index (χ0n) is 19.1. The van der Waals surface area contributed by atoms with E-state index in [4.69, 9.17) is 19.5 Å². The summed E-state index contributed by atoms with van der Waals surface area (Å²) >= 11 is 1.29. The smallest absolute Gasteiger partial charge is 0.459 e. The molecule has 1 saturated heterocycles. The lowest BCUT2D eigenvalue weighted by Gasteiger charge is -2.27. The van der Waals surface area contributed by atoms with Crippen molar-refractivity contribution < 1.29 is 28.3 Å². The minimum absolute atomic E-state index is 0.111. The maximum atomic E-state index is 13.7. The molecule has 0 bridgehead atoms. The number of hydrogen-bond acceptors (Lipinski definition) is 10. The lowest BCUT2D eigenvalue weighted by molar-refractivity contribution is -0.143. The summed E-state index contributed by atoms with van der Waals surface area (Å²) in [6.45, 7) is 3.37. The molecule has 0 saturated carbocycles. The van der Waals surface area contributed by atoms with E-state index in [0.29, 0.717) is 0 Å². The molecule has 0 amide bonds. The largest absolute Gasteiger partial charge is 0.468 e. The van der Waals surface area contributed by atoms with Crippen LogP contribution < -0.4 is 21.0 Å². The standard InChI is InChI=1S/C21H29N4O7PS/c1-13(2)19(20(27)30-3)24-33(29,32-14-7-5-4-6-8-14)31-12-16-15(26)11-18(34-16)25-10-9-17(22)23-21(25)28/h4-10,13,15-16,18-19,26H,11-12H2,1-3H3,(H,24,29)(H2,22,23,28)/t15?,16-,18-,19+,33?/m1/s1. The van der Waals surface area contributed by atoms with Crippen molar-refractivity contribution in [1.82, 2.24) is 14.6 Å². The molecule has 0 spiro atoms. The molecule has 0 aliphatic carbocycles. The van der Waals surface area contributed by atoms with Crippen LogP contribution >= 0.6 is 19.5 Å². The molecule has 1 aliphatic rings. The van der Waals surface area contributed by atoms with E-state index < -0.39 is 42.2 Å². The van der Waals surface area contributed by atoms with Crippen molar-refractivity contribution in [2.75, 3.05) is 19.5 Å². The molecule has 1 aliphatic heterocycles. The molecule has 5 atom stereocenters. The molecule has 1 aromatic carbocycles. The van der Waals surface area contributed by atoms with Crippen LogP contribution in [0.1, 0.15) is 25.6 Å². The molecule has 34 heavy (non-hydrogen) atoms. The molecule has 4 N–H and O–H groups in total. The SMILES string of the molecule is COC(=O)[C@@H](NP(=O)(OC[C@H]1S[C@@H](n2ccc(N)nc2=O)CC1O)Oc1ccccc1)C(C)C. The molecule has 1 fully saturated rings. The van der Waals surface area contributed by atoms with Crippen molar-refractivity contribution in [3.8, 4) is 5.75 Å². The number of nitrogens with one attached hydrogen (secondary N) is 1. The van der Waals surface area contributed by atoms with Crippen LogP contribution in [0.25, 0.3) is 0 Å². The molecule has 2 unspecified atom stereocenters. The van der Waals surface area contributed by atoms with Crippen LogP contribution in [-0.4, -0.2) is 51.7 Å². The van der Waals surface area contributed by atoms with Crippen LogP contribution in [0.3, 0.4) is 0 Å². The van der Waals surface area contributed by atoms with Crippen LogP contribution in [-0.2, 0) is 18.6 Å². The fourth-order valence-electron chi connectivity index (χ4n) is 3.33. The van der Waals surface area contributed by atoms with Gasteiger partial charge in [0.15, 0.2) is 0 Å². The zero-order valence-corrected chi connectivity index (χ0v) is 20.8. The summed E-state index contributed by atoms with van der Waals surface area (Å²) < 4.78 is 31.3. The van der Waals surface area contributed by atoms with Gasteiger partial charge in [-0.15, -0.1) is 11.8 Å². The second-order valence-electron chi connectivity index (χ2n) is 8.05. The number of carbonyl (C=O) groups excluding carboxylic acids is 1. The Hall–Kier alpha value is -2.37. The minimum Gasteiger partial charge on any atom is -0.468 e. The van der Waals surface area contributed by atoms with Gasteiger partial charge in [0, 0.05) is 12.6 Å². The summed E-state index contributed by atoms with van der Waals surface area (Å²) in [7, 11) is -2.84. The summed E-state index contributed by atoms with van der Waals surface area (Å²) in [4.78, 5) is 28.1. The number of ether oxygens (including phenoxy) is 1. The Balaban J connectivity index is 1.76. The predicted octanol–water partition coefficient (Wildman–Crippen LogP) is 2.18. The van der Waals surface area contributed by atoms with Crippen molar-refractivity contribution in [2.24, 2.45) is 5.92 Å². The number of methoxy groups -OCH3 is 1. The fourth-order valence-corrected chi connectivity index (χ4v) is 6.56. The molecule has 1 aromatic heterocycles. The summed E-state index contributed by atoms with van der Waals surface area (Å²) in [5.74, 6) is -0.492. The van der Waals surface area contributed by atoms with Gasteiger partial charge in [-0.25, -0.2) is 9.36 Å². The number of aromatic nitrogens is 2. The molecule has 13 heteroatoms. The third-order valence-electron chi connectivity index (χ3n) is 5.16. The van der Waals surface area contributed by atoms with E-state index in [1.54, 1.807) is 44.2 Å². The zero-order chi connectivity index (χ0) is 24.9. The van der Waals surface area contributed by atoms with Gasteiger partial charge in [0.25, 0.3) is 0 Å². The highest BCUT2D eigenvalue weighted by Gasteiger charge is 2.40.